The van der Waals surface area contributed by atoms with Gasteiger partial charge in [-0.05, 0) is 42.5 Å². The third-order valence-corrected chi connectivity index (χ3v) is 4.65. The molecule has 2 aromatic rings. The number of hydrogen-bond donors (Lipinski definition) is 2. The van der Waals surface area contributed by atoms with Gasteiger partial charge in [-0.25, -0.2) is 4.79 Å². The summed E-state index contributed by atoms with van der Waals surface area (Å²) in [7, 11) is 0. The van der Waals surface area contributed by atoms with E-state index < -0.39 is 5.97 Å². The molecule has 6 nitrogen and oxygen atoms in total. The Hall–Kier alpha value is -3.07. The molecule has 1 aliphatic heterocycles. The number of carbonyl (C=O) groups is 1. The molecule has 0 fully saturated rings. The van der Waals surface area contributed by atoms with Gasteiger partial charge in [0.25, 0.3) is 0 Å². The molecule has 2 aromatic carbocycles. The predicted molar refractivity (Wildman–Crippen MR) is 107 cm³/mol. The molecule has 1 heterocycles. The standard InChI is InChI=1S/C20H11IO6/c21-27-20(25)10-1-4-13(16(24)7-10)19-14-5-2-11(22)8-17(14)26-18-9-12(23)3-6-15(18)19/h1-9,22,24H. The Labute approximate surface area is 166 Å². The van der Waals surface area contributed by atoms with Crippen LogP contribution in [0.5, 0.6) is 11.5 Å². The number of benzene rings is 3. The van der Waals surface area contributed by atoms with Crippen LogP contribution < -0.4 is 5.43 Å². The van der Waals surface area contributed by atoms with Crippen molar-refractivity contribution < 1.29 is 22.5 Å². The number of halogens is 1. The highest BCUT2D eigenvalue weighted by atomic mass is 127. The molecule has 1 aliphatic carbocycles. The van der Waals surface area contributed by atoms with E-state index in [-0.39, 0.29) is 22.5 Å². The van der Waals surface area contributed by atoms with Gasteiger partial charge in [0.1, 0.15) is 22.8 Å². The summed E-state index contributed by atoms with van der Waals surface area (Å²) in [6.07, 6.45) is 0. The molecular weight excluding hydrogens is 463 g/mol. The molecule has 0 spiro atoms. The highest BCUT2D eigenvalue weighted by Gasteiger charge is 2.20. The molecule has 2 aliphatic rings. The molecule has 0 bridgehead atoms. The lowest BCUT2D eigenvalue weighted by atomic mass is 9.92. The molecule has 0 radical (unpaired) electrons. The van der Waals surface area contributed by atoms with E-state index in [9.17, 15) is 19.8 Å². The number of hydrogen-bond acceptors (Lipinski definition) is 6. The van der Waals surface area contributed by atoms with Crippen LogP contribution in [-0.2, 0) is 3.07 Å². The van der Waals surface area contributed by atoms with E-state index in [2.05, 4.69) is 3.07 Å². The molecular formula is C20H11IO6. The Bertz CT molecular complexity index is 1230. The lowest BCUT2D eigenvalue weighted by Gasteiger charge is -2.16. The summed E-state index contributed by atoms with van der Waals surface area (Å²) in [4.78, 5) is 23.4. The fraction of sp³-hybridized carbons (Fsp3) is 0. The summed E-state index contributed by atoms with van der Waals surface area (Å²) in [5.41, 5.74) is 2.04. The fourth-order valence-corrected chi connectivity index (χ4v) is 3.32. The monoisotopic (exact) mass is 474 g/mol. The van der Waals surface area contributed by atoms with E-state index in [1.807, 2.05) is 0 Å². The SMILES string of the molecule is O=C(OI)c1ccc(-c2c3ccc(=O)cc-3oc3cc(O)ccc23)c(O)c1. The summed E-state index contributed by atoms with van der Waals surface area (Å²) in [6.45, 7) is 0. The number of fused-ring (bicyclic) bond motifs is 2. The van der Waals surface area contributed by atoms with Crippen LogP contribution in [0.3, 0.4) is 0 Å². The van der Waals surface area contributed by atoms with Gasteiger partial charge in [0.2, 0.25) is 0 Å². The molecule has 134 valence electrons. The first-order chi connectivity index (χ1) is 13.0. The Morgan fingerprint density at radius 3 is 2.48 bits per heavy atom. The van der Waals surface area contributed by atoms with Gasteiger partial charge < -0.3 is 17.7 Å². The zero-order chi connectivity index (χ0) is 19.1. The molecule has 0 unspecified atom stereocenters. The lowest BCUT2D eigenvalue weighted by Crippen LogP contribution is -2.00. The van der Waals surface area contributed by atoms with Crippen molar-refractivity contribution in [2.24, 2.45) is 0 Å². The maximum absolute atomic E-state index is 11.7. The highest BCUT2D eigenvalue weighted by molar-refractivity contribution is 14.1. The summed E-state index contributed by atoms with van der Waals surface area (Å²) in [5.74, 6) is -0.358. The molecule has 4 rings (SSSR count). The summed E-state index contributed by atoms with van der Waals surface area (Å²) >= 11 is 1.48. The van der Waals surface area contributed by atoms with Crippen LogP contribution in [0, 0.1) is 0 Å². The van der Waals surface area contributed by atoms with Crippen molar-refractivity contribution >= 4 is 39.9 Å². The van der Waals surface area contributed by atoms with Crippen molar-refractivity contribution in [3.8, 4) is 33.9 Å². The van der Waals surface area contributed by atoms with E-state index in [1.54, 1.807) is 24.3 Å². The first-order valence-corrected chi connectivity index (χ1v) is 8.72. The van der Waals surface area contributed by atoms with Gasteiger partial charge in [0.05, 0.1) is 5.56 Å². The van der Waals surface area contributed by atoms with Crippen LogP contribution in [0.15, 0.2) is 63.8 Å². The molecule has 27 heavy (non-hydrogen) atoms. The maximum Gasteiger partial charge on any atom is 0.347 e. The van der Waals surface area contributed by atoms with Crippen LogP contribution in [-0.4, -0.2) is 16.2 Å². The molecule has 0 saturated carbocycles. The number of carbonyl (C=O) groups excluding carboxylic acids is 1. The van der Waals surface area contributed by atoms with E-state index in [1.165, 1.54) is 53.3 Å². The maximum atomic E-state index is 11.7. The van der Waals surface area contributed by atoms with E-state index in [4.69, 9.17) is 4.42 Å². The van der Waals surface area contributed by atoms with E-state index in [0.717, 1.165) is 0 Å². The zero-order valence-corrected chi connectivity index (χ0v) is 15.8. The van der Waals surface area contributed by atoms with Crippen molar-refractivity contribution in [3.05, 3.63) is 70.4 Å². The van der Waals surface area contributed by atoms with Gasteiger partial charge in [-0.15, -0.1) is 0 Å². The number of phenols is 2. The van der Waals surface area contributed by atoms with Crippen LogP contribution >= 0.6 is 23.0 Å². The minimum absolute atomic E-state index is 0.0131. The Kier molecular flexibility index (Phi) is 4.23. The minimum atomic E-state index is -0.573. The Morgan fingerprint density at radius 1 is 0.963 bits per heavy atom. The van der Waals surface area contributed by atoms with Gasteiger partial charge in [-0.2, -0.15) is 0 Å². The molecule has 0 atom stereocenters. The number of phenolic OH excluding ortho intramolecular Hbond substituents is 2. The van der Waals surface area contributed by atoms with Crippen LogP contribution in [0.2, 0.25) is 0 Å². The average molecular weight is 474 g/mol. The van der Waals surface area contributed by atoms with Gasteiger partial charge in [-0.1, -0.05) is 0 Å². The number of aromatic hydroxyl groups is 2. The third kappa shape index (κ3) is 2.99. The molecule has 0 aromatic heterocycles. The Balaban J connectivity index is 2.08. The van der Waals surface area contributed by atoms with Crippen molar-refractivity contribution in [3.63, 3.8) is 0 Å². The first kappa shape index (κ1) is 17.3. The van der Waals surface area contributed by atoms with Crippen molar-refractivity contribution in [1.29, 1.82) is 0 Å². The lowest BCUT2D eigenvalue weighted by molar-refractivity contribution is 0.0800. The van der Waals surface area contributed by atoms with E-state index in [0.29, 0.717) is 33.4 Å². The highest BCUT2D eigenvalue weighted by Crippen LogP contribution is 2.43. The normalized spacial score (nSPS) is 11.0. The second-order valence-electron chi connectivity index (χ2n) is 5.91. The second-order valence-corrected chi connectivity index (χ2v) is 6.35. The van der Waals surface area contributed by atoms with Crippen LogP contribution in [0.25, 0.3) is 33.4 Å². The summed E-state index contributed by atoms with van der Waals surface area (Å²) in [5, 5.41) is 21.0. The summed E-state index contributed by atoms with van der Waals surface area (Å²) in [6, 6.07) is 13.5. The van der Waals surface area contributed by atoms with Crippen molar-refractivity contribution in [2.75, 3.05) is 0 Å². The average Bonchev–Trinajstić information content (AvgIpc) is 2.65. The zero-order valence-electron chi connectivity index (χ0n) is 13.6. The smallest absolute Gasteiger partial charge is 0.347 e. The van der Waals surface area contributed by atoms with Gasteiger partial charge >= 0.3 is 5.97 Å². The fourth-order valence-electron chi connectivity index (χ4n) is 3.06. The van der Waals surface area contributed by atoms with E-state index >= 15 is 0 Å². The van der Waals surface area contributed by atoms with Crippen molar-refractivity contribution in [2.45, 2.75) is 0 Å². The predicted octanol–water partition coefficient (Wildman–Crippen LogP) is 4.48. The Morgan fingerprint density at radius 2 is 1.74 bits per heavy atom. The quantitative estimate of drug-likeness (QED) is 0.329. The minimum Gasteiger partial charge on any atom is -0.508 e. The van der Waals surface area contributed by atoms with Crippen LogP contribution in [0.1, 0.15) is 10.4 Å². The van der Waals surface area contributed by atoms with Crippen LogP contribution in [0.4, 0.5) is 0 Å². The number of rotatable bonds is 2. The first-order valence-electron chi connectivity index (χ1n) is 7.84. The topological polar surface area (TPSA) is 97.0 Å². The second kappa shape index (κ2) is 6.58. The summed E-state index contributed by atoms with van der Waals surface area (Å²) < 4.78 is 10.4. The van der Waals surface area contributed by atoms with Gasteiger partial charge in [0, 0.05) is 34.2 Å². The molecule has 0 amide bonds. The molecule has 0 saturated heterocycles. The van der Waals surface area contributed by atoms with Gasteiger partial charge in [0.15, 0.2) is 28.4 Å². The third-order valence-electron chi connectivity index (χ3n) is 4.25. The largest absolute Gasteiger partial charge is 0.508 e. The van der Waals surface area contributed by atoms with Gasteiger partial charge in [-0.3, -0.25) is 4.79 Å². The van der Waals surface area contributed by atoms with Crippen molar-refractivity contribution in [1.82, 2.24) is 0 Å². The molecule has 2 N–H and O–H groups in total. The molecule has 7 heteroatoms.